The van der Waals surface area contributed by atoms with E-state index in [4.69, 9.17) is 23.2 Å². The van der Waals surface area contributed by atoms with Crippen LogP contribution in [0.4, 0.5) is 0 Å². The van der Waals surface area contributed by atoms with Crippen molar-refractivity contribution in [2.24, 2.45) is 0 Å². The van der Waals surface area contributed by atoms with E-state index in [-0.39, 0.29) is 11.1 Å². The van der Waals surface area contributed by atoms with Crippen molar-refractivity contribution in [2.75, 3.05) is 0 Å². The maximum Gasteiger partial charge on any atom is 0.256 e. The quantitative estimate of drug-likeness (QED) is 0.787. The van der Waals surface area contributed by atoms with E-state index in [9.17, 15) is 4.79 Å². The minimum atomic E-state index is -0.0759. The van der Waals surface area contributed by atoms with Gasteiger partial charge in [0, 0.05) is 18.8 Å². The van der Waals surface area contributed by atoms with Crippen LogP contribution in [0.1, 0.15) is 28.8 Å². The van der Waals surface area contributed by atoms with Crippen molar-refractivity contribution in [1.82, 2.24) is 9.88 Å². The second-order valence-corrected chi connectivity index (χ2v) is 6.36. The van der Waals surface area contributed by atoms with Crippen LogP contribution in [0.2, 0.25) is 10.2 Å². The maximum atomic E-state index is 12.7. The molecule has 0 unspecified atom stereocenters. The van der Waals surface area contributed by atoms with Gasteiger partial charge in [-0.2, -0.15) is 11.3 Å². The van der Waals surface area contributed by atoms with Gasteiger partial charge >= 0.3 is 0 Å². The zero-order chi connectivity index (χ0) is 14.1. The van der Waals surface area contributed by atoms with Crippen LogP contribution in [-0.4, -0.2) is 21.8 Å². The Morgan fingerprint density at radius 1 is 1.45 bits per heavy atom. The highest BCUT2D eigenvalue weighted by Gasteiger charge is 2.34. The highest BCUT2D eigenvalue weighted by Crippen LogP contribution is 2.31. The smallest absolute Gasteiger partial charge is 0.256 e. The van der Waals surface area contributed by atoms with Crippen molar-refractivity contribution < 1.29 is 4.79 Å². The minimum Gasteiger partial charge on any atom is -0.331 e. The molecule has 0 saturated heterocycles. The van der Waals surface area contributed by atoms with E-state index in [1.54, 1.807) is 11.3 Å². The Labute approximate surface area is 131 Å². The zero-order valence-corrected chi connectivity index (χ0v) is 12.9. The van der Waals surface area contributed by atoms with Crippen molar-refractivity contribution in [3.63, 3.8) is 0 Å². The summed E-state index contributed by atoms with van der Waals surface area (Å²) in [6.07, 6.45) is 3.52. The highest BCUT2D eigenvalue weighted by molar-refractivity contribution is 7.07. The van der Waals surface area contributed by atoms with E-state index in [0.29, 0.717) is 23.2 Å². The zero-order valence-electron chi connectivity index (χ0n) is 10.6. The van der Waals surface area contributed by atoms with Crippen molar-refractivity contribution in [3.8, 4) is 0 Å². The molecule has 1 aliphatic carbocycles. The van der Waals surface area contributed by atoms with E-state index in [0.717, 1.165) is 18.4 Å². The Morgan fingerprint density at radius 3 is 2.90 bits per heavy atom. The normalized spacial score (nSPS) is 14.3. The van der Waals surface area contributed by atoms with E-state index in [1.807, 2.05) is 16.3 Å². The average Bonchev–Trinajstić information content (AvgIpc) is 3.15. The van der Waals surface area contributed by atoms with Gasteiger partial charge in [-0.25, -0.2) is 4.98 Å². The Kier molecular flexibility index (Phi) is 3.96. The third-order valence-corrected chi connectivity index (χ3v) is 4.47. The van der Waals surface area contributed by atoms with Crippen molar-refractivity contribution in [2.45, 2.75) is 25.4 Å². The van der Waals surface area contributed by atoms with E-state index < -0.39 is 0 Å². The lowest BCUT2D eigenvalue weighted by Gasteiger charge is -2.22. The van der Waals surface area contributed by atoms with Crippen LogP contribution in [-0.2, 0) is 6.54 Å². The first-order chi connectivity index (χ1) is 9.65. The molecule has 20 heavy (non-hydrogen) atoms. The molecule has 0 radical (unpaired) electrons. The fourth-order valence-electron chi connectivity index (χ4n) is 2.06. The summed E-state index contributed by atoms with van der Waals surface area (Å²) in [6, 6.07) is 3.88. The van der Waals surface area contributed by atoms with Crippen LogP contribution in [0.5, 0.6) is 0 Å². The number of carbonyl (C=O) groups is 1. The summed E-state index contributed by atoms with van der Waals surface area (Å²) in [5.41, 5.74) is 1.57. The van der Waals surface area contributed by atoms with Gasteiger partial charge in [-0.15, -0.1) is 0 Å². The molecule has 0 spiro atoms. The third-order valence-electron chi connectivity index (χ3n) is 3.23. The van der Waals surface area contributed by atoms with Crippen molar-refractivity contribution >= 4 is 40.4 Å². The van der Waals surface area contributed by atoms with E-state index >= 15 is 0 Å². The van der Waals surface area contributed by atoms with E-state index in [2.05, 4.69) is 10.4 Å². The van der Waals surface area contributed by atoms with Gasteiger partial charge in [-0.05, 0) is 41.3 Å². The van der Waals surface area contributed by atoms with Gasteiger partial charge in [-0.3, -0.25) is 4.79 Å². The van der Waals surface area contributed by atoms with Gasteiger partial charge in [0.25, 0.3) is 5.91 Å². The monoisotopic (exact) mass is 326 g/mol. The number of nitrogens with zero attached hydrogens (tertiary/aromatic N) is 2. The minimum absolute atomic E-state index is 0.0759. The van der Waals surface area contributed by atoms with Crippen LogP contribution < -0.4 is 0 Å². The lowest BCUT2D eigenvalue weighted by Crippen LogP contribution is -2.32. The molecule has 0 aromatic carbocycles. The number of aromatic nitrogens is 1. The molecule has 6 heteroatoms. The summed E-state index contributed by atoms with van der Waals surface area (Å²) in [6.45, 7) is 0.614. The molecule has 2 aromatic heterocycles. The molecule has 0 N–H and O–H groups in total. The summed E-state index contributed by atoms with van der Waals surface area (Å²) in [5, 5.41) is 4.70. The number of amides is 1. The first kappa shape index (κ1) is 13.9. The summed E-state index contributed by atoms with van der Waals surface area (Å²) in [4.78, 5) is 18.4. The summed E-state index contributed by atoms with van der Waals surface area (Å²) < 4.78 is 0. The first-order valence-corrected chi connectivity index (χ1v) is 7.98. The predicted octanol–water partition coefficient (Wildman–Crippen LogP) is 4.25. The van der Waals surface area contributed by atoms with Crippen molar-refractivity contribution in [3.05, 3.63) is 50.4 Å². The summed E-state index contributed by atoms with van der Waals surface area (Å²) in [5.74, 6) is -0.0759. The summed E-state index contributed by atoms with van der Waals surface area (Å²) in [7, 11) is 0. The number of pyridine rings is 1. The molecule has 0 aliphatic heterocycles. The summed E-state index contributed by atoms with van der Waals surface area (Å²) >= 11 is 13.6. The molecule has 104 valence electrons. The molecule has 0 bridgehead atoms. The first-order valence-electron chi connectivity index (χ1n) is 6.28. The largest absolute Gasteiger partial charge is 0.331 e. The van der Waals surface area contributed by atoms with Gasteiger partial charge in [0.05, 0.1) is 10.6 Å². The molecule has 1 fully saturated rings. The molecule has 1 amide bonds. The molecule has 2 aromatic rings. The molecule has 1 aliphatic rings. The predicted molar refractivity (Wildman–Crippen MR) is 81.5 cm³/mol. The molecular formula is C14H12Cl2N2OS. The van der Waals surface area contributed by atoms with Crippen molar-refractivity contribution in [1.29, 1.82) is 0 Å². The number of hydrogen-bond acceptors (Lipinski definition) is 3. The lowest BCUT2D eigenvalue weighted by atomic mass is 10.2. The van der Waals surface area contributed by atoms with E-state index in [1.165, 1.54) is 12.3 Å². The highest BCUT2D eigenvalue weighted by atomic mass is 35.5. The average molecular weight is 327 g/mol. The Morgan fingerprint density at radius 2 is 2.25 bits per heavy atom. The van der Waals surface area contributed by atoms with Gasteiger partial charge in [0.2, 0.25) is 0 Å². The van der Waals surface area contributed by atoms with Gasteiger partial charge < -0.3 is 4.90 Å². The second-order valence-electron chi connectivity index (χ2n) is 4.78. The van der Waals surface area contributed by atoms with Crippen LogP contribution in [0.15, 0.2) is 29.1 Å². The number of thiophene rings is 1. The fraction of sp³-hybridized carbons (Fsp3) is 0.286. The molecule has 1 saturated carbocycles. The van der Waals surface area contributed by atoms with Crippen LogP contribution >= 0.6 is 34.5 Å². The fourth-order valence-corrected chi connectivity index (χ4v) is 3.07. The third kappa shape index (κ3) is 2.97. The van der Waals surface area contributed by atoms with Gasteiger partial charge in [0.15, 0.2) is 0 Å². The van der Waals surface area contributed by atoms with Crippen LogP contribution in [0, 0.1) is 0 Å². The number of hydrogen-bond donors (Lipinski definition) is 0. The maximum absolute atomic E-state index is 12.7. The Hall–Kier alpha value is -1.10. The topological polar surface area (TPSA) is 33.2 Å². The molecular weight excluding hydrogens is 315 g/mol. The Bertz CT molecular complexity index is 626. The standard InChI is InChI=1S/C14H12Cl2N2OS/c15-12-6-17-13(16)5-11(12)14(19)18(10-1-2-10)7-9-3-4-20-8-9/h3-6,8,10H,1-2,7H2. The molecule has 3 rings (SSSR count). The number of carbonyl (C=O) groups excluding carboxylic acids is 1. The van der Waals surface area contributed by atoms with Gasteiger partial charge in [-0.1, -0.05) is 23.2 Å². The molecule has 3 nitrogen and oxygen atoms in total. The number of rotatable bonds is 4. The Balaban J connectivity index is 1.87. The molecule has 2 heterocycles. The SMILES string of the molecule is O=C(c1cc(Cl)ncc1Cl)N(Cc1ccsc1)C1CC1. The van der Waals surface area contributed by atoms with Crippen LogP contribution in [0.25, 0.3) is 0 Å². The van der Waals surface area contributed by atoms with Gasteiger partial charge in [0.1, 0.15) is 5.15 Å². The number of halogens is 2. The second kappa shape index (κ2) is 5.72. The lowest BCUT2D eigenvalue weighted by molar-refractivity contribution is 0.0730. The molecule has 0 atom stereocenters. The van der Waals surface area contributed by atoms with Crippen LogP contribution in [0.3, 0.4) is 0 Å².